The standard InChI is InChI=1S/C20H33F2O3P/c1-3-5-7-8-9-10-15-16(18(25-26)14-17(15)23)11-12-19(24)20(21,22)13-6-4-2/h8-9,15-16,18H,3-7,10-14,26H2,1-2H3/b9-8-/t15?,16-,18?/m1/s1. The quantitative estimate of drug-likeness (QED) is 0.231. The zero-order valence-electron chi connectivity index (χ0n) is 16.0. The number of carbonyl (C=O) groups is 2. The second-order valence-electron chi connectivity index (χ2n) is 7.23. The summed E-state index contributed by atoms with van der Waals surface area (Å²) in [5.74, 6) is -4.58. The molecule has 1 saturated carbocycles. The number of hydrogen-bond acceptors (Lipinski definition) is 3. The number of rotatable bonds is 13. The first-order chi connectivity index (χ1) is 12.4. The molecule has 0 aromatic carbocycles. The van der Waals surface area contributed by atoms with Crippen LogP contribution in [0.3, 0.4) is 0 Å². The Labute approximate surface area is 158 Å². The number of ketones is 2. The van der Waals surface area contributed by atoms with Crippen molar-refractivity contribution in [1.29, 1.82) is 0 Å². The van der Waals surface area contributed by atoms with Crippen LogP contribution >= 0.6 is 9.47 Å². The van der Waals surface area contributed by atoms with Crippen molar-refractivity contribution in [2.45, 2.75) is 90.1 Å². The second-order valence-corrected chi connectivity index (χ2v) is 7.51. The average molecular weight is 390 g/mol. The molecule has 1 aliphatic rings. The van der Waals surface area contributed by atoms with Gasteiger partial charge in [0.1, 0.15) is 5.78 Å². The number of hydrogen-bond donors (Lipinski definition) is 0. The molecule has 0 aliphatic heterocycles. The third-order valence-corrected chi connectivity index (χ3v) is 5.57. The van der Waals surface area contributed by atoms with Crippen LogP contribution in [0.15, 0.2) is 12.2 Å². The first-order valence-electron chi connectivity index (χ1n) is 9.81. The summed E-state index contributed by atoms with van der Waals surface area (Å²) in [5, 5.41) is 0. The summed E-state index contributed by atoms with van der Waals surface area (Å²) < 4.78 is 33.1. The summed E-state index contributed by atoms with van der Waals surface area (Å²) in [6.07, 6.45) is 8.53. The molecule has 1 fully saturated rings. The maximum absolute atomic E-state index is 13.9. The number of unbranched alkanes of at least 4 members (excludes halogenated alkanes) is 3. The van der Waals surface area contributed by atoms with E-state index < -0.39 is 11.7 Å². The first-order valence-corrected chi connectivity index (χ1v) is 10.3. The van der Waals surface area contributed by atoms with Crippen molar-refractivity contribution < 1.29 is 22.9 Å². The molecule has 4 atom stereocenters. The van der Waals surface area contributed by atoms with E-state index in [1.807, 2.05) is 13.0 Å². The lowest BCUT2D eigenvalue weighted by Crippen LogP contribution is -2.30. The van der Waals surface area contributed by atoms with Crippen LogP contribution in [-0.2, 0) is 14.1 Å². The predicted molar refractivity (Wildman–Crippen MR) is 103 cm³/mol. The minimum absolute atomic E-state index is 0.104. The molecule has 150 valence electrons. The number of halogens is 2. The number of carbonyl (C=O) groups excluding carboxylic acids is 2. The lowest BCUT2D eigenvalue weighted by molar-refractivity contribution is -0.144. The topological polar surface area (TPSA) is 43.4 Å². The van der Waals surface area contributed by atoms with Gasteiger partial charge >= 0.3 is 5.92 Å². The normalized spacial score (nSPS) is 23.9. The van der Waals surface area contributed by atoms with Gasteiger partial charge in [0.05, 0.1) is 6.10 Å². The fourth-order valence-electron chi connectivity index (χ4n) is 3.54. The van der Waals surface area contributed by atoms with E-state index in [1.54, 1.807) is 0 Å². The Morgan fingerprint density at radius 3 is 2.58 bits per heavy atom. The van der Waals surface area contributed by atoms with Gasteiger partial charge < -0.3 is 4.52 Å². The van der Waals surface area contributed by atoms with Crippen molar-refractivity contribution in [3.05, 3.63) is 12.2 Å². The van der Waals surface area contributed by atoms with Gasteiger partial charge in [-0.15, -0.1) is 0 Å². The minimum atomic E-state index is -3.26. The van der Waals surface area contributed by atoms with Gasteiger partial charge in [0.25, 0.3) is 0 Å². The molecule has 1 rings (SSSR count). The van der Waals surface area contributed by atoms with Gasteiger partial charge in [-0.3, -0.25) is 9.59 Å². The monoisotopic (exact) mass is 390 g/mol. The zero-order valence-corrected chi connectivity index (χ0v) is 17.2. The highest BCUT2D eigenvalue weighted by atomic mass is 31.0. The van der Waals surface area contributed by atoms with Gasteiger partial charge in [-0.25, -0.2) is 0 Å². The van der Waals surface area contributed by atoms with Gasteiger partial charge in [0.15, 0.2) is 0 Å². The third kappa shape index (κ3) is 7.15. The van der Waals surface area contributed by atoms with Crippen LogP contribution < -0.4 is 0 Å². The maximum Gasteiger partial charge on any atom is 0.305 e. The summed E-state index contributed by atoms with van der Waals surface area (Å²) in [6.45, 7) is 3.95. The van der Waals surface area contributed by atoms with E-state index in [2.05, 4.69) is 22.5 Å². The summed E-state index contributed by atoms with van der Waals surface area (Å²) in [5.41, 5.74) is 0. The zero-order chi connectivity index (χ0) is 19.6. The minimum Gasteiger partial charge on any atom is -0.362 e. The Kier molecular flexibility index (Phi) is 10.7. The highest BCUT2D eigenvalue weighted by Crippen LogP contribution is 2.39. The Balaban J connectivity index is 2.64. The lowest BCUT2D eigenvalue weighted by atomic mass is 9.86. The van der Waals surface area contributed by atoms with E-state index >= 15 is 0 Å². The number of alkyl halides is 2. The van der Waals surface area contributed by atoms with E-state index in [-0.39, 0.29) is 43.0 Å². The molecular weight excluding hydrogens is 357 g/mol. The molecule has 0 spiro atoms. The lowest BCUT2D eigenvalue weighted by Gasteiger charge is -2.23. The van der Waals surface area contributed by atoms with E-state index in [0.29, 0.717) is 25.7 Å². The Morgan fingerprint density at radius 1 is 1.27 bits per heavy atom. The van der Waals surface area contributed by atoms with Crippen molar-refractivity contribution in [3.63, 3.8) is 0 Å². The van der Waals surface area contributed by atoms with Crippen molar-refractivity contribution in [3.8, 4) is 0 Å². The molecule has 0 radical (unpaired) electrons. The van der Waals surface area contributed by atoms with Gasteiger partial charge in [-0.2, -0.15) is 8.78 Å². The summed E-state index contributed by atoms with van der Waals surface area (Å²) in [6, 6.07) is 0. The van der Waals surface area contributed by atoms with Crippen LogP contribution in [0.4, 0.5) is 8.78 Å². The maximum atomic E-state index is 13.9. The molecule has 3 unspecified atom stereocenters. The van der Waals surface area contributed by atoms with Crippen LogP contribution in [0.1, 0.15) is 78.1 Å². The summed E-state index contributed by atoms with van der Waals surface area (Å²) in [7, 11) is 2.17. The van der Waals surface area contributed by atoms with E-state index in [0.717, 1.165) is 19.3 Å². The van der Waals surface area contributed by atoms with Gasteiger partial charge in [-0.05, 0) is 31.6 Å². The van der Waals surface area contributed by atoms with Crippen LogP contribution in [0.5, 0.6) is 0 Å². The molecular formula is C20H33F2O3P. The molecule has 0 N–H and O–H groups in total. The predicted octanol–water partition coefficient (Wildman–Crippen LogP) is 5.68. The third-order valence-electron chi connectivity index (χ3n) is 5.22. The molecule has 0 bridgehead atoms. The van der Waals surface area contributed by atoms with Crippen LogP contribution in [0, 0.1) is 11.8 Å². The van der Waals surface area contributed by atoms with E-state index in [1.165, 1.54) is 0 Å². The molecule has 0 heterocycles. The van der Waals surface area contributed by atoms with Crippen molar-refractivity contribution in [2.75, 3.05) is 0 Å². The smallest absolute Gasteiger partial charge is 0.305 e. The van der Waals surface area contributed by atoms with Gasteiger partial charge in [0.2, 0.25) is 5.78 Å². The van der Waals surface area contributed by atoms with E-state index in [4.69, 9.17) is 4.52 Å². The summed E-state index contributed by atoms with van der Waals surface area (Å²) >= 11 is 0. The van der Waals surface area contributed by atoms with Crippen molar-refractivity contribution in [1.82, 2.24) is 0 Å². The molecule has 6 heteroatoms. The molecule has 0 aromatic rings. The van der Waals surface area contributed by atoms with E-state index in [9.17, 15) is 18.4 Å². The number of allylic oxidation sites excluding steroid dienone is 2. The average Bonchev–Trinajstić information content (AvgIpc) is 2.92. The fraction of sp³-hybridized carbons (Fsp3) is 0.800. The van der Waals surface area contributed by atoms with Gasteiger partial charge in [-0.1, -0.05) is 45.3 Å². The summed E-state index contributed by atoms with van der Waals surface area (Å²) in [4.78, 5) is 24.2. The molecule has 26 heavy (non-hydrogen) atoms. The van der Waals surface area contributed by atoms with Crippen molar-refractivity contribution in [2.24, 2.45) is 11.8 Å². The molecule has 0 aromatic heterocycles. The first kappa shape index (κ1) is 23.4. The molecule has 3 nitrogen and oxygen atoms in total. The Morgan fingerprint density at radius 2 is 1.96 bits per heavy atom. The van der Waals surface area contributed by atoms with Crippen LogP contribution in [-0.4, -0.2) is 23.6 Å². The Hall–Kier alpha value is -0.670. The highest BCUT2D eigenvalue weighted by molar-refractivity contribution is 7.09. The van der Waals surface area contributed by atoms with Gasteiger partial charge in [0, 0.05) is 34.6 Å². The van der Waals surface area contributed by atoms with Crippen molar-refractivity contribution >= 4 is 21.0 Å². The molecule has 0 saturated heterocycles. The molecule has 1 aliphatic carbocycles. The highest BCUT2D eigenvalue weighted by Gasteiger charge is 2.43. The second kappa shape index (κ2) is 11.9. The largest absolute Gasteiger partial charge is 0.362 e. The van der Waals surface area contributed by atoms with Crippen LogP contribution in [0.2, 0.25) is 0 Å². The fourth-order valence-corrected chi connectivity index (χ4v) is 3.84. The SMILES string of the molecule is CCCC/C=C\CC1C(=O)CC(OP)[C@@H]1CCC(=O)C(F)(F)CCCC. The Bertz CT molecular complexity index is 480. The molecule has 0 amide bonds. The van der Waals surface area contributed by atoms with Crippen LogP contribution in [0.25, 0.3) is 0 Å². The number of Topliss-reactive ketones (excluding diaryl/α,β-unsaturated/α-hetero) is 2.